The Morgan fingerprint density at radius 3 is 2.44 bits per heavy atom. The van der Waals surface area contributed by atoms with E-state index in [1.54, 1.807) is 19.5 Å². The zero-order valence-electron chi connectivity index (χ0n) is 18.2. The van der Waals surface area contributed by atoms with Gasteiger partial charge in [0.25, 0.3) is 5.97 Å². The molecule has 0 spiro atoms. The van der Waals surface area contributed by atoms with Crippen LogP contribution in [0.4, 0.5) is 0 Å². The lowest BCUT2D eigenvalue weighted by atomic mass is 10.1. The second kappa shape index (κ2) is 9.25. The van der Waals surface area contributed by atoms with Crippen molar-refractivity contribution in [2.24, 2.45) is 5.92 Å². The zero-order chi connectivity index (χ0) is 22.7. The van der Waals surface area contributed by atoms with Crippen LogP contribution in [0.15, 0.2) is 49.1 Å². The second-order valence-electron chi connectivity index (χ2n) is 8.09. The van der Waals surface area contributed by atoms with Gasteiger partial charge in [-0.25, -0.2) is 9.97 Å². The van der Waals surface area contributed by atoms with Crippen LogP contribution < -0.4 is 4.74 Å². The summed E-state index contributed by atoms with van der Waals surface area (Å²) in [6.45, 7) is 2.72. The van der Waals surface area contributed by atoms with Gasteiger partial charge < -0.3 is 19.3 Å². The average Bonchev–Trinajstić information content (AvgIpc) is 3.15. The first kappa shape index (κ1) is 21.6. The molecule has 1 aromatic carbocycles. The molecular formula is C23H27N5O4. The van der Waals surface area contributed by atoms with Gasteiger partial charge in [-0.15, -0.1) is 0 Å². The van der Waals surface area contributed by atoms with Gasteiger partial charge in [0.05, 0.1) is 7.11 Å². The van der Waals surface area contributed by atoms with E-state index in [0.29, 0.717) is 24.3 Å². The molecule has 1 amide bonds. The number of nitrogens with zero attached hydrogens (tertiary/aromatic N) is 5. The molecule has 2 aromatic heterocycles. The van der Waals surface area contributed by atoms with Gasteiger partial charge in [0.1, 0.15) is 5.75 Å². The third-order valence-corrected chi connectivity index (χ3v) is 5.59. The highest BCUT2D eigenvalue weighted by Crippen LogP contribution is 2.33. The van der Waals surface area contributed by atoms with Crippen molar-refractivity contribution < 1.29 is 19.4 Å². The summed E-state index contributed by atoms with van der Waals surface area (Å²) in [7, 11) is 1.66. The Hall–Kier alpha value is -3.62. The molecule has 0 radical (unpaired) electrons. The Bertz CT molecular complexity index is 1080. The number of carbonyl (C=O) groups excluding carboxylic acids is 1. The van der Waals surface area contributed by atoms with Crippen LogP contribution in [-0.2, 0) is 16.1 Å². The van der Waals surface area contributed by atoms with Crippen molar-refractivity contribution in [3.05, 3.63) is 49.1 Å². The fourth-order valence-corrected chi connectivity index (χ4v) is 4.03. The van der Waals surface area contributed by atoms with E-state index in [2.05, 4.69) is 19.4 Å². The van der Waals surface area contributed by atoms with Crippen LogP contribution in [0.5, 0.6) is 5.75 Å². The van der Waals surface area contributed by atoms with Crippen LogP contribution in [0.3, 0.4) is 0 Å². The maximum atomic E-state index is 12.3. The highest BCUT2D eigenvalue weighted by atomic mass is 16.5. The fraction of sp³-hybridized carbons (Fsp3) is 0.391. The molecule has 2 fully saturated rings. The maximum Gasteiger partial charge on any atom is 0.300 e. The zero-order valence-corrected chi connectivity index (χ0v) is 18.2. The summed E-state index contributed by atoms with van der Waals surface area (Å²) in [4.78, 5) is 32.5. The number of aromatic nitrogens is 4. The first-order valence-electron chi connectivity index (χ1n) is 10.6. The van der Waals surface area contributed by atoms with E-state index in [1.807, 2.05) is 41.2 Å². The molecule has 168 valence electrons. The molecule has 5 rings (SSSR count). The van der Waals surface area contributed by atoms with Crippen molar-refractivity contribution in [3.63, 3.8) is 0 Å². The molecule has 9 nitrogen and oxygen atoms in total. The number of imidazole rings is 2. The van der Waals surface area contributed by atoms with Gasteiger partial charge in [0.15, 0.2) is 11.6 Å². The van der Waals surface area contributed by atoms with E-state index < -0.39 is 5.97 Å². The lowest BCUT2D eigenvalue weighted by Gasteiger charge is -2.16. The lowest BCUT2D eigenvalue weighted by Crippen LogP contribution is -2.27. The van der Waals surface area contributed by atoms with Crippen molar-refractivity contribution >= 4 is 11.9 Å². The summed E-state index contributed by atoms with van der Waals surface area (Å²) in [5.74, 6) is 2.22. The summed E-state index contributed by atoms with van der Waals surface area (Å²) in [5.41, 5.74) is 0.999. The molecule has 9 heteroatoms. The number of aliphatic carboxylic acids is 1. The smallest absolute Gasteiger partial charge is 0.300 e. The van der Waals surface area contributed by atoms with Crippen LogP contribution in [0, 0.1) is 5.92 Å². The average molecular weight is 438 g/mol. The van der Waals surface area contributed by atoms with E-state index in [4.69, 9.17) is 14.6 Å². The number of hydrogen-bond donors (Lipinski definition) is 1. The van der Waals surface area contributed by atoms with Crippen molar-refractivity contribution in [2.45, 2.75) is 38.8 Å². The molecule has 1 aliphatic heterocycles. The normalized spacial score (nSPS) is 17.8. The van der Waals surface area contributed by atoms with Gasteiger partial charge in [0, 0.05) is 68.9 Å². The van der Waals surface area contributed by atoms with E-state index >= 15 is 0 Å². The van der Waals surface area contributed by atoms with Gasteiger partial charge in [0.2, 0.25) is 5.91 Å². The molecule has 3 aromatic rings. The van der Waals surface area contributed by atoms with Crippen LogP contribution in [0.25, 0.3) is 17.3 Å². The molecule has 1 N–H and O–H groups in total. The summed E-state index contributed by atoms with van der Waals surface area (Å²) < 4.78 is 9.39. The predicted molar refractivity (Wildman–Crippen MR) is 117 cm³/mol. The number of carbonyl (C=O) groups is 2. The fourth-order valence-electron chi connectivity index (χ4n) is 4.03. The largest absolute Gasteiger partial charge is 0.497 e. The minimum absolute atomic E-state index is 0.300. The Kier molecular flexibility index (Phi) is 6.25. The quantitative estimate of drug-likeness (QED) is 0.636. The molecule has 2 aliphatic rings. The van der Waals surface area contributed by atoms with Crippen molar-refractivity contribution in [1.29, 1.82) is 0 Å². The highest BCUT2D eigenvalue weighted by Gasteiger charge is 2.39. The topological polar surface area (TPSA) is 102 Å². The molecule has 1 saturated heterocycles. The number of hydrogen-bond acceptors (Lipinski definition) is 5. The SMILES string of the molecule is CC(=O)O.COc1ccc(-n2ccnc2-c2nccn2CC2CC(=O)N(C3CC3)C2)cc1. The van der Waals surface area contributed by atoms with Gasteiger partial charge >= 0.3 is 0 Å². The predicted octanol–water partition coefficient (Wildman–Crippen LogP) is 2.85. The van der Waals surface area contributed by atoms with Crippen LogP contribution in [-0.4, -0.2) is 60.7 Å². The van der Waals surface area contributed by atoms with E-state index in [-0.39, 0.29) is 0 Å². The van der Waals surface area contributed by atoms with E-state index in [9.17, 15) is 4.79 Å². The van der Waals surface area contributed by atoms with Gasteiger partial charge in [-0.05, 0) is 37.1 Å². The van der Waals surface area contributed by atoms with Crippen LogP contribution >= 0.6 is 0 Å². The number of ether oxygens (including phenoxy) is 1. The minimum Gasteiger partial charge on any atom is -0.497 e. The van der Waals surface area contributed by atoms with Crippen LogP contribution in [0.1, 0.15) is 26.2 Å². The number of rotatable bonds is 6. The first-order valence-corrected chi connectivity index (χ1v) is 10.6. The molecule has 1 atom stereocenters. The monoisotopic (exact) mass is 437 g/mol. The molecule has 1 saturated carbocycles. The molecule has 0 bridgehead atoms. The third kappa shape index (κ3) is 4.82. The highest BCUT2D eigenvalue weighted by molar-refractivity contribution is 5.79. The number of carboxylic acids is 1. The second-order valence-corrected chi connectivity index (χ2v) is 8.09. The summed E-state index contributed by atoms with van der Waals surface area (Å²) >= 11 is 0. The number of benzene rings is 1. The van der Waals surface area contributed by atoms with Gasteiger partial charge in [-0.3, -0.25) is 14.2 Å². The van der Waals surface area contributed by atoms with E-state index in [1.165, 1.54) is 0 Å². The number of likely N-dealkylation sites (tertiary alicyclic amines) is 1. The van der Waals surface area contributed by atoms with Crippen molar-refractivity contribution in [1.82, 2.24) is 24.0 Å². The molecule has 3 heterocycles. The molecule has 32 heavy (non-hydrogen) atoms. The Labute approximate surface area is 186 Å². The maximum absolute atomic E-state index is 12.3. The van der Waals surface area contributed by atoms with E-state index in [0.717, 1.165) is 55.9 Å². The van der Waals surface area contributed by atoms with Crippen molar-refractivity contribution in [2.75, 3.05) is 13.7 Å². The number of carboxylic acid groups (broad SMARTS) is 1. The number of amides is 1. The first-order chi connectivity index (χ1) is 15.5. The summed E-state index contributed by atoms with van der Waals surface area (Å²) in [5, 5.41) is 7.42. The molecular weight excluding hydrogens is 410 g/mol. The summed E-state index contributed by atoms with van der Waals surface area (Å²) in [6.07, 6.45) is 10.4. The third-order valence-electron chi connectivity index (χ3n) is 5.59. The Balaban J connectivity index is 0.000000567. The van der Waals surface area contributed by atoms with Gasteiger partial charge in [-0.2, -0.15) is 0 Å². The van der Waals surface area contributed by atoms with Gasteiger partial charge in [-0.1, -0.05) is 0 Å². The molecule has 1 unspecified atom stereocenters. The Morgan fingerprint density at radius 2 is 1.78 bits per heavy atom. The van der Waals surface area contributed by atoms with Crippen molar-refractivity contribution in [3.8, 4) is 23.1 Å². The number of methoxy groups -OCH3 is 1. The molecule has 1 aliphatic carbocycles. The summed E-state index contributed by atoms with van der Waals surface area (Å²) in [6, 6.07) is 8.36. The van der Waals surface area contributed by atoms with Crippen LogP contribution in [0.2, 0.25) is 0 Å². The lowest BCUT2D eigenvalue weighted by molar-refractivity contribution is -0.134. The minimum atomic E-state index is -0.833. The standard InChI is InChI=1S/C21H23N5O2.C2H4O2/c1-28-18-6-4-16(5-7-18)25-11-9-23-21(25)20-22-8-10-24(20)13-15-12-19(27)26(14-15)17-2-3-17;1-2(3)4/h4-11,15,17H,2-3,12-14H2,1H3;1H3,(H,3,4). The Morgan fingerprint density at radius 1 is 1.12 bits per heavy atom.